The van der Waals surface area contributed by atoms with Gasteiger partial charge in [-0.2, -0.15) is 0 Å². The summed E-state index contributed by atoms with van der Waals surface area (Å²) in [5.41, 5.74) is 1.22. The van der Waals surface area contributed by atoms with Gasteiger partial charge in [-0.05, 0) is 52.8 Å². The fourth-order valence-corrected chi connectivity index (χ4v) is 3.50. The first-order valence-corrected chi connectivity index (χ1v) is 7.78. The van der Waals surface area contributed by atoms with Crippen molar-refractivity contribution in [3.8, 4) is 5.88 Å². The minimum absolute atomic E-state index is 0.408. The molecule has 2 aromatic rings. The second kappa shape index (κ2) is 7.03. The molecule has 0 bridgehead atoms. The average Bonchev–Trinajstić information content (AvgIpc) is 2.84. The minimum atomic E-state index is 0.408. The van der Waals surface area contributed by atoms with Crippen molar-refractivity contribution in [2.24, 2.45) is 0 Å². The Morgan fingerprint density at radius 2 is 2.21 bits per heavy atom. The number of pyridine rings is 1. The Bertz CT molecular complexity index is 512. The molecule has 5 heteroatoms. The van der Waals surface area contributed by atoms with Gasteiger partial charge in [-0.25, -0.2) is 4.98 Å². The van der Waals surface area contributed by atoms with Gasteiger partial charge in [-0.3, -0.25) is 0 Å². The van der Waals surface area contributed by atoms with Gasteiger partial charge in [0.15, 0.2) is 0 Å². The van der Waals surface area contributed by atoms with Crippen LogP contribution in [-0.4, -0.2) is 25.2 Å². The number of methoxy groups -OCH3 is 1. The van der Waals surface area contributed by atoms with Crippen LogP contribution in [0, 0.1) is 0 Å². The maximum atomic E-state index is 5.07. The molecule has 2 rings (SSSR count). The van der Waals surface area contributed by atoms with E-state index in [1.165, 1.54) is 14.9 Å². The summed E-state index contributed by atoms with van der Waals surface area (Å²) in [4.78, 5) is 5.62. The normalized spacial score (nSPS) is 12.4. The molecule has 19 heavy (non-hydrogen) atoms. The summed E-state index contributed by atoms with van der Waals surface area (Å²) in [6.45, 7) is 0. The zero-order valence-corrected chi connectivity index (χ0v) is 13.4. The van der Waals surface area contributed by atoms with Crippen LogP contribution in [0.1, 0.15) is 10.4 Å². The molecule has 0 aliphatic rings. The van der Waals surface area contributed by atoms with Crippen LogP contribution in [0.4, 0.5) is 0 Å². The molecule has 0 aliphatic heterocycles. The highest BCUT2D eigenvalue weighted by molar-refractivity contribution is 9.10. The number of nitrogens with one attached hydrogen (secondary N) is 1. The summed E-state index contributed by atoms with van der Waals surface area (Å²) >= 11 is 5.37. The van der Waals surface area contributed by atoms with Crippen LogP contribution in [0.2, 0.25) is 0 Å². The first-order chi connectivity index (χ1) is 9.22. The molecule has 1 unspecified atom stereocenters. The van der Waals surface area contributed by atoms with Gasteiger partial charge in [0.2, 0.25) is 5.88 Å². The summed E-state index contributed by atoms with van der Waals surface area (Å²) in [6, 6.07) is 6.48. The molecule has 0 aliphatic carbocycles. The maximum Gasteiger partial charge on any atom is 0.212 e. The maximum absolute atomic E-state index is 5.07. The Labute approximate surface area is 126 Å². The number of hydrogen-bond acceptors (Lipinski definition) is 4. The predicted molar refractivity (Wildman–Crippen MR) is 83.1 cm³/mol. The van der Waals surface area contributed by atoms with Crippen LogP contribution in [0.25, 0.3) is 0 Å². The molecule has 0 spiro atoms. The topological polar surface area (TPSA) is 34.1 Å². The van der Waals surface area contributed by atoms with Crippen molar-refractivity contribution in [1.82, 2.24) is 10.3 Å². The van der Waals surface area contributed by atoms with E-state index >= 15 is 0 Å². The van der Waals surface area contributed by atoms with E-state index in [1.54, 1.807) is 18.4 Å². The third-order valence-corrected chi connectivity index (χ3v) is 4.97. The summed E-state index contributed by atoms with van der Waals surface area (Å²) in [5.74, 6) is 0.658. The summed E-state index contributed by atoms with van der Waals surface area (Å²) in [6.07, 6.45) is 3.85. The van der Waals surface area contributed by atoms with E-state index in [0.717, 1.165) is 12.8 Å². The Kier molecular flexibility index (Phi) is 5.36. The van der Waals surface area contributed by atoms with Crippen molar-refractivity contribution >= 4 is 27.3 Å². The standard InChI is InChI=1S/C14H17BrN2OS/c1-16-11(8-13-12(15)5-6-19-13)7-10-3-4-14(18-2)17-9-10/h3-6,9,11,16H,7-8H2,1-2H3. The lowest BCUT2D eigenvalue weighted by molar-refractivity contribution is 0.397. The Morgan fingerprint density at radius 3 is 2.74 bits per heavy atom. The fourth-order valence-electron chi connectivity index (χ4n) is 1.91. The SMILES string of the molecule is CNC(Cc1ccc(OC)nc1)Cc1sccc1Br. The molecule has 0 fully saturated rings. The summed E-state index contributed by atoms with van der Waals surface area (Å²) < 4.78 is 6.27. The molecule has 0 radical (unpaired) electrons. The van der Waals surface area contributed by atoms with Crippen LogP contribution in [0.15, 0.2) is 34.2 Å². The van der Waals surface area contributed by atoms with E-state index in [1.807, 2.05) is 19.3 Å². The highest BCUT2D eigenvalue weighted by Crippen LogP contribution is 2.24. The number of likely N-dealkylation sites (N-methyl/N-ethyl adjacent to an activating group) is 1. The van der Waals surface area contributed by atoms with E-state index in [9.17, 15) is 0 Å². The van der Waals surface area contributed by atoms with Gasteiger partial charge in [0.1, 0.15) is 0 Å². The van der Waals surface area contributed by atoms with E-state index in [2.05, 4.69) is 43.7 Å². The fraction of sp³-hybridized carbons (Fsp3) is 0.357. The first kappa shape index (κ1) is 14.5. The quantitative estimate of drug-likeness (QED) is 0.876. The van der Waals surface area contributed by atoms with Gasteiger partial charge < -0.3 is 10.1 Å². The van der Waals surface area contributed by atoms with Crippen molar-refractivity contribution < 1.29 is 4.74 Å². The number of thiophene rings is 1. The van der Waals surface area contributed by atoms with E-state index in [4.69, 9.17) is 4.74 Å². The molecule has 2 heterocycles. The van der Waals surface area contributed by atoms with Gasteiger partial charge in [0, 0.05) is 27.7 Å². The van der Waals surface area contributed by atoms with Crippen LogP contribution >= 0.6 is 27.3 Å². The van der Waals surface area contributed by atoms with Gasteiger partial charge in [-0.15, -0.1) is 11.3 Å². The lowest BCUT2D eigenvalue weighted by atomic mass is 10.0. The van der Waals surface area contributed by atoms with E-state index in [0.29, 0.717) is 11.9 Å². The number of nitrogens with zero attached hydrogens (tertiary/aromatic N) is 1. The summed E-state index contributed by atoms with van der Waals surface area (Å²) in [5, 5.41) is 5.48. The van der Waals surface area contributed by atoms with E-state index < -0.39 is 0 Å². The highest BCUT2D eigenvalue weighted by atomic mass is 79.9. The van der Waals surface area contributed by atoms with Crippen molar-refractivity contribution in [3.63, 3.8) is 0 Å². The highest BCUT2D eigenvalue weighted by Gasteiger charge is 2.12. The van der Waals surface area contributed by atoms with Crippen molar-refractivity contribution in [2.45, 2.75) is 18.9 Å². The molecule has 1 atom stereocenters. The van der Waals surface area contributed by atoms with Crippen molar-refractivity contribution in [2.75, 3.05) is 14.2 Å². The largest absolute Gasteiger partial charge is 0.481 e. The molecule has 102 valence electrons. The van der Waals surface area contributed by atoms with Gasteiger partial charge in [-0.1, -0.05) is 6.07 Å². The zero-order valence-electron chi connectivity index (χ0n) is 11.0. The monoisotopic (exact) mass is 340 g/mol. The predicted octanol–water partition coefficient (Wildman–Crippen LogP) is 3.29. The third-order valence-electron chi connectivity index (χ3n) is 3.02. The number of halogens is 1. The van der Waals surface area contributed by atoms with E-state index in [-0.39, 0.29) is 0 Å². The van der Waals surface area contributed by atoms with Gasteiger partial charge in [0.25, 0.3) is 0 Å². The molecule has 0 amide bonds. The number of hydrogen-bond donors (Lipinski definition) is 1. The minimum Gasteiger partial charge on any atom is -0.481 e. The van der Waals surface area contributed by atoms with Crippen LogP contribution in [0.5, 0.6) is 5.88 Å². The molecule has 1 N–H and O–H groups in total. The van der Waals surface area contributed by atoms with Gasteiger partial charge in [0.05, 0.1) is 7.11 Å². The summed E-state index contributed by atoms with van der Waals surface area (Å²) in [7, 11) is 3.63. The third kappa shape index (κ3) is 4.03. The van der Waals surface area contributed by atoms with Crippen molar-refractivity contribution in [1.29, 1.82) is 0 Å². The van der Waals surface area contributed by atoms with Gasteiger partial charge >= 0.3 is 0 Å². The Morgan fingerprint density at radius 1 is 1.37 bits per heavy atom. The second-order valence-electron chi connectivity index (χ2n) is 4.29. The molecular formula is C14H17BrN2OS. The lowest BCUT2D eigenvalue weighted by Crippen LogP contribution is -2.29. The number of aromatic nitrogens is 1. The molecule has 0 saturated heterocycles. The van der Waals surface area contributed by atoms with Crippen LogP contribution < -0.4 is 10.1 Å². The van der Waals surface area contributed by atoms with Crippen LogP contribution in [0.3, 0.4) is 0 Å². The smallest absolute Gasteiger partial charge is 0.212 e. The second-order valence-corrected chi connectivity index (χ2v) is 6.15. The van der Waals surface area contributed by atoms with Crippen molar-refractivity contribution in [3.05, 3.63) is 44.7 Å². The lowest BCUT2D eigenvalue weighted by Gasteiger charge is -2.15. The molecule has 3 nitrogen and oxygen atoms in total. The molecule has 2 aromatic heterocycles. The first-order valence-electron chi connectivity index (χ1n) is 6.11. The molecule has 0 aromatic carbocycles. The molecular weight excluding hydrogens is 324 g/mol. The molecule has 0 saturated carbocycles. The number of rotatable bonds is 6. The number of ether oxygens (including phenoxy) is 1. The Balaban J connectivity index is 2.00. The Hall–Kier alpha value is -0.910. The zero-order chi connectivity index (χ0) is 13.7. The van der Waals surface area contributed by atoms with Crippen LogP contribution in [-0.2, 0) is 12.8 Å². The average molecular weight is 341 g/mol.